The number of hydrogen-bond acceptors (Lipinski definition) is 19. The molecule has 1 fully saturated rings. The zero-order valence-corrected chi connectivity index (χ0v) is 47.5. The highest BCUT2D eigenvalue weighted by molar-refractivity contribution is 6.24. The van der Waals surface area contributed by atoms with Crippen LogP contribution in [0, 0.1) is 30.6 Å². The number of carbonyl (C=O) groups is 4. The second-order valence-corrected chi connectivity index (χ2v) is 20.9. The van der Waals surface area contributed by atoms with Crippen LogP contribution >= 0.6 is 0 Å². The topological polar surface area (TPSA) is 262 Å². The van der Waals surface area contributed by atoms with Crippen molar-refractivity contribution < 1.29 is 68.4 Å². The molecule has 0 saturated carbocycles. The van der Waals surface area contributed by atoms with Crippen LogP contribution in [0.3, 0.4) is 0 Å². The van der Waals surface area contributed by atoms with Crippen LogP contribution in [0.2, 0.25) is 0 Å². The Morgan fingerprint density at radius 3 is 2.22 bits per heavy atom. The molecule has 0 aromatic heterocycles. The van der Waals surface area contributed by atoms with Crippen LogP contribution < -0.4 is 15.4 Å². The van der Waals surface area contributed by atoms with Gasteiger partial charge in [-0.05, 0) is 71.8 Å². The average molecular weight is 1090 g/mol. The van der Waals surface area contributed by atoms with Crippen molar-refractivity contribution in [3.63, 3.8) is 0 Å². The lowest BCUT2D eigenvalue weighted by atomic mass is 9.78. The number of allylic oxidation sites excluding steroid dienone is 2. The molecule has 0 aliphatic carbocycles. The second-order valence-electron chi connectivity index (χ2n) is 20.9. The van der Waals surface area contributed by atoms with Gasteiger partial charge in [0.05, 0.1) is 58.6 Å². The SMILES string of the molecule is CCCCNc1ccc(C(=O)OCCN(C)C)cc1.CO[C@H]1/C=C/O[C@@]2(C)Oc3c(C)c(O)c4c(O)c(c(/C=N/N5CCN(C)CC5)c(O)c4c3C2=O)NC(=O)/C(C)=C\C=C\[C@H](C)[C@H](O)[C@@H](C)[C@@H](O)[C@@H](C)[C@H](OC(C)=O)[C@@H]1C. The van der Waals surface area contributed by atoms with Gasteiger partial charge in [-0.15, -0.1) is 0 Å². The van der Waals surface area contributed by atoms with Crippen LogP contribution in [-0.2, 0) is 28.5 Å². The van der Waals surface area contributed by atoms with E-state index in [-0.39, 0.29) is 50.4 Å². The van der Waals surface area contributed by atoms with E-state index < -0.39 is 88.8 Å². The molecule has 0 unspecified atom stereocenters. The first-order valence-electron chi connectivity index (χ1n) is 26.6. The molecule has 9 atom stereocenters. The smallest absolute Gasteiger partial charge is 0.338 e. The van der Waals surface area contributed by atoms with Crippen molar-refractivity contribution in [2.24, 2.45) is 28.8 Å². The number of hydrazone groups is 1. The van der Waals surface area contributed by atoms with Gasteiger partial charge >= 0.3 is 17.7 Å². The van der Waals surface area contributed by atoms with Gasteiger partial charge in [0.1, 0.15) is 30.0 Å². The van der Waals surface area contributed by atoms with E-state index in [9.17, 15) is 44.7 Å². The number of nitrogens with zero attached hydrogens (tertiary/aromatic N) is 4. The molecule has 0 spiro atoms. The molecule has 1 saturated heterocycles. The molecular weight excluding hydrogens is 1000 g/mol. The monoisotopic (exact) mass is 1090 g/mol. The summed E-state index contributed by atoms with van der Waals surface area (Å²) >= 11 is 0. The lowest BCUT2D eigenvalue weighted by Crippen LogP contribution is -2.46. The summed E-state index contributed by atoms with van der Waals surface area (Å²) in [4.78, 5) is 56.3. The quantitative estimate of drug-likeness (QED) is 0.0318. The first-order valence-corrected chi connectivity index (χ1v) is 26.6. The van der Waals surface area contributed by atoms with Gasteiger partial charge in [-0.25, -0.2) is 4.79 Å². The van der Waals surface area contributed by atoms with Crippen LogP contribution in [0.15, 0.2) is 65.5 Å². The largest absolute Gasteiger partial charge is 0.507 e. The van der Waals surface area contributed by atoms with Crippen molar-refractivity contribution >= 4 is 52.0 Å². The van der Waals surface area contributed by atoms with Gasteiger partial charge < -0.3 is 69.7 Å². The van der Waals surface area contributed by atoms with E-state index in [0.717, 1.165) is 38.3 Å². The van der Waals surface area contributed by atoms with Crippen LogP contribution in [-0.4, -0.2) is 175 Å². The maximum absolute atomic E-state index is 14.4. The van der Waals surface area contributed by atoms with Crippen LogP contribution in [0.1, 0.15) is 100 Å². The molecule has 4 aliphatic heterocycles. The molecule has 7 rings (SSSR count). The number of ether oxygens (including phenoxy) is 5. The van der Waals surface area contributed by atoms with E-state index in [1.165, 1.54) is 65.9 Å². The summed E-state index contributed by atoms with van der Waals surface area (Å²) in [5.41, 5.74) is 1.29. The average Bonchev–Trinajstić information content (AvgIpc) is 3.89. The van der Waals surface area contributed by atoms with Crippen molar-refractivity contribution in [3.8, 4) is 23.0 Å². The molecular formula is C58H82N6O14. The molecule has 20 nitrogen and oxygen atoms in total. The summed E-state index contributed by atoms with van der Waals surface area (Å²) in [5.74, 6) is -8.60. The molecule has 3 aromatic carbocycles. The second kappa shape index (κ2) is 27.7. The number of aliphatic hydroxyl groups is 2. The normalized spacial score (nSPS) is 26.8. The summed E-state index contributed by atoms with van der Waals surface area (Å²) in [6.07, 6.45) is 7.18. The number of piperazine rings is 1. The highest BCUT2D eigenvalue weighted by atomic mass is 16.7. The Hall–Kier alpha value is -6.71. The third kappa shape index (κ3) is 14.9. The van der Waals surface area contributed by atoms with Crippen molar-refractivity contribution in [2.45, 2.75) is 105 Å². The first kappa shape index (κ1) is 62.1. The molecule has 7 N–H and O–H groups in total. The lowest BCUT2D eigenvalue weighted by molar-refractivity contribution is -0.160. The molecule has 4 heterocycles. The van der Waals surface area contributed by atoms with Crippen molar-refractivity contribution in [1.82, 2.24) is 14.8 Å². The Bertz CT molecular complexity index is 2720. The number of Topliss-reactive ketones (excluding diaryl/α,β-unsaturated/α-hetero) is 1. The number of unbranched alkanes of at least 4 members (excludes halogenated alkanes) is 1. The molecule has 20 heteroatoms. The third-order valence-electron chi connectivity index (χ3n) is 14.6. The number of methoxy groups -OCH3 is 1. The van der Waals surface area contributed by atoms with Crippen molar-refractivity contribution in [2.75, 3.05) is 84.8 Å². The minimum atomic E-state index is -2.04. The summed E-state index contributed by atoms with van der Waals surface area (Å²) in [7, 11) is 7.32. The summed E-state index contributed by atoms with van der Waals surface area (Å²) in [6.45, 7) is 19.4. The number of anilines is 2. The van der Waals surface area contributed by atoms with E-state index in [0.29, 0.717) is 25.3 Å². The number of carbonyl (C=O) groups excluding carboxylic acids is 4. The minimum Gasteiger partial charge on any atom is -0.507 e. The number of phenols is 3. The molecule has 78 heavy (non-hydrogen) atoms. The van der Waals surface area contributed by atoms with Crippen molar-refractivity contribution in [3.05, 3.63) is 82.7 Å². The van der Waals surface area contributed by atoms with Gasteiger partial charge in [0, 0.05) is 106 Å². The number of ketones is 1. The number of benzene rings is 3. The summed E-state index contributed by atoms with van der Waals surface area (Å²) in [6, 6.07) is 7.43. The fourth-order valence-electron chi connectivity index (χ4n) is 9.46. The first-order chi connectivity index (χ1) is 36.9. The molecule has 0 radical (unpaired) electrons. The fourth-order valence-corrected chi connectivity index (χ4v) is 9.46. The predicted molar refractivity (Wildman–Crippen MR) is 299 cm³/mol. The number of amides is 1. The Kier molecular flexibility index (Phi) is 22.1. The van der Waals surface area contributed by atoms with E-state index in [2.05, 4.69) is 27.6 Å². The zero-order chi connectivity index (χ0) is 57.8. The number of hydrogen-bond donors (Lipinski definition) is 7. The maximum atomic E-state index is 14.4. The van der Waals surface area contributed by atoms with E-state index >= 15 is 0 Å². The number of nitrogens with one attached hydrogen (secondary N) is 2. The Labute approximate surface area is 458 Å². The molecule has 3 aromatic rings. The molecule has 4 aliphatic rings. The molecule has 428 valence electrons. The number of aliphatic hydroxyl groups excluding tert-OH is 2. The van der Waals surface area contributed by atoms with Gasteiger partial charge in [0.2, 0.25) is 0 Å². The predicted octanol–water partition coefficient (Wildman–Crippen LogP) is 6.95. The van der Waals surface area contributed by atoms with Gasteiger partial charge in [-0.2, -0.15) is 5.10 Å². The zero-order valence-electron chi connectivity index (χ0n) is 47.5. The summed E-state index contributed by atoms with van der Waals surface area (Å²) < 4.78 is 28.8. The Balaban J connectivity index is 0.000000497. The third-order valence-corrected chi connectivity index (χ3v) is 14.6. The standard InChI is InChI=1S/C43H58N4O12.C15H24N2O2/c1-21-12-11-13-22(2)42(55)45-33-28(20-44-47-17-15-46(9)16-18-47)37(52)30-31(38(33)53)36(51)26(6)40-32(30)41(54)43(8,59-40)57-19-14-29(56-10)23(3)39(58-27(7)48)25(5)35(50)24(4)34(21)49;1-4-5-10-16-14-8-6-13(7-9-14)15(18)19-12-11-17(2)3/h11-14,19-21,23-25,29,34-35,39,49-53H,15-18H2,1-10H3,(H,45,55);6-9,16H,4-5,10-12H2,1-3H3/b12-11+,19-14+,22-13-,44-20+;/t21-,23+,24+,25+,29-,34-,35+,39+,43-;/m0./s1. The number of likely N-dealkylation sites (N-methyl/N-ethyl adjacent to an activating group) is 2. The highest BCUT2D eigenvalue weighted by Gasteiger charge is 2.50. The number of rotatable bonds is 12. The summed E-state index contributed by atoms with van der Waals surface area (Å²) in [5, 5.41) is 70.2. The Morgan fingerprint density at radius 2 is 1.60 bits per heavy atom. The van der Waals surface area contributed by atoms with E-state index in [4.69, 9.17) is 23.7 Å². The van der Waals surface area contributed by atoms with Gasteiger partial charge in [-0.1, -0.05) is 59.3 Å². The number of esters is 2. The number of phenolic OH excluding ortho intramolecular Hbond substituents is 3. The van der Waals surface area contributed by atoms with Gasteiger partial charge in [-0.3, -0.25) is 19.4 Å². The Morgan fingerprint density at radius 1 is 0.936 bits per heavy atom. The highest BCUT2D eigenvalue weighted by Crippen LogP contribution is 2.55. The molecule has 1 amide bonds. The van der Waals surface area contributed by atoms with E-state index in [1.807, 2.05) is 38.2 Å². The lowest BCUT2D eigenvalue weighted by Gasteiger charge is -2.38. The number of aromatic hydroxyl groups is 3. The van der Waals surface area contributed by atoms with Crippen LogP contribution in [0.4, 0.5) is 11.4 Å². The van der Waals surface area contributed by atoms with Crippen LogP contribution in [0.5, 0.6) is 23.0 Å². The maximum Gasteiger partial charge on any atom is 0.338 e. The fraction of sp³-hybridized carbons (Fsp3) is 0.534. The number of fused-ring (bicyclic) bond motifs is 14. The van der Waals surface area contributed by atoms with Gasteiger partial charge in [0.25, 0.3) is 11.7 Å². The van der Waals surface area contributed by atoms with E-state index in [1.54, 1.807) is 57.0 Å². The molecule has 5 bridgehead atoms. The van der Waals surface area contributed by atoms with Gasteiger partial charge in [0.15, 0.2) is 5.75 Å². The van der Waals surface area contributed by atoms with Crippen molar-refractivity contribution in [1.29, 1.82) is 0 Å². The minimum absolute atomic E-state index is 0.0559. The van der Waals surface area contributed by atoms with Crippen LogP contribution in [0.25, 0.3) is 10.8 Å².